The second kappa shape index (κ2) is 15.6. The maximum absolute atomic E-state index is 6.66. The van der Waals surface area contributed by atoms with Crippen LogP contribution in [0.1, 0.15) is 22.3 Å². The Balaban J connectivity index is 1.02. The molecule has 69 heavy (non-hydrogen) atoms. The Hall–Kier alpha value is -8.98. The predicted molar refractivity (Wildman–Crippen MR) is 286 cm³/mol. The van der Waals surface area contributed by atoms with Gasteiger partial charge in [-0.3, -0.25) is 0 Å². The molecule has 2 nitrogen and oxygen atoms in total. The largest absolute Gasteiger partial charge is 0.455 e. The van der Waals surface area contributed by atoms with Gasteiger partial charge in [-0.25, -0.2) is 0 Å². The van der Waals surface area contributed by atoms with E-state index in [0.29, 0.717) is 0 Å². The van der Waals surface area contributed by atoms with Crippen LogP contribution >= 0.6 is 0 Å². The van der Waals surface area contributed by atoms with Crippen molar-refractivity contribution in [2.45, 2.75) is 5.41 Å². The standard InChI is InChI=1S/C67H43NO/c1-2-20-44(21-3-1)48-24-4-5-25-50(48)51-26-6-7-27-52(51)57-31-11-16-38-64(57)68(46-23-18-22-45(42-46)49-33-19-34-59-58-32-12-17-39-65(58)69-66(49)59)47-40-41-56-55-30-10-15-37-62(55)67(63(56)43-47)60-35-13-8-28-53(60)54-29-9-14-36-61(54)67/h1-43H. The van der Waals surface area contributed by atoms with Crippen molar-refractivity contribution in [2.24, 2.45) is 0 Å². The van der Waals surface area contributed by atoms with E-state index in [1.807, 2.05) is 6.07 Å². The molecule has 2 aliphatic rings. The number of anilines is 3. The minimum atomic E-state index is -0.493. The molecule has 11 aromatic carbocycles. The third-order valence-corrected chi connectivity index (χ3v) is 14.7. The van der Waals surface area contributed by atoms with Crippen molar-refractivity contribution in [3.63, 3.8) is 0 Å². The summed E-state index contributed by atoms with van der Waals surface area (Å²) in [6.45, 7) is 0. The molecular weight excluding hydrogens is 835 g/mol. The van der Waals surface area contributed by atoms with Crippen LogP contribution in [0, 0.1) is 0 Å². The Morgan fingerprint density at radius 3 is 1.43 bits per heavy atom. The van der Waals surface area contributed by atoms with E-state index in [2.05, 4.69) is 260 Å². The summed E-state index contributed by atoms with van der Waals surface area (Å²) in [6, 6.07) is 95.6. The lowest BCUT2D eigenvalue weighted by Gasteiger charge is -2.33. The van der Waals surface area contributed by atoms with Crippen LogP contribution in [0.5, 0.6) is 0 Å². The maximum atomic E-state index is 6.66. The minimum absolute atomic E-state index is 0.493. The van der Waals surface area contributed by atoms with Crippen molar-refractivity contribution in [2.75, 3.05) is 4.90 Å². The summed E-state index contributed by atoms with van der Waals surface area (Å²) in [5.41, 5.74) is 24.1. The van der Waals surface area contributed by atoms with E-state index in [0.717, 1.165) is 61.3 Å². The van der Waals surface area contributed by atoms with Gasteiger partial charge in [0.05, 0.1) is 11.1 Å². The lowest BCUT2D eigenvalue weighted by Crippen LogP contribution is -2.26. The van der Waals surface area contributed by atoms with E-state index >= 15 is 0 Å². The van der Waals surface area contributed by atoms with E-state index in [-0.39, 0.29) is 0 Å². The number of fused-ring (bicyclic) bond motifs is 13. The molecule has 0 saturated carbocycles. The van der Waals surface area contributed by atoms with E-state index in [4.69, 9.17) is 4.42 Å². The fraction of sp³-hybridized carbons (Fsp3) is 0.0149. The molecule has 0 bridgehead atoms. The van der Waals surface area contributed by atoms with Gasteiger partial charge in [0.2, 0.25) is 0 Å². The number of furan rings is 1. The van der Waals surface area contributed by atoms with Gasteiger partial charge in [0.1, 0.15) is 11.2 Å². The van der Waals surface area contributed by atoms with Crippen molar-refractivity contribution < 1.29 is 4.42 Å². The predicted octanol–water partition coefficient (Wildman–Crippen LogP) is 18.1. The van der Waals surface area contributed by atoms with Gasteiger partial charge in [-0.2, -0.15) is 0 Å². The van der Waals surface area contributed by atoms with Crippen LogP contribution in [0.25, 0.3) is 88.7 Å². The average Bonchev–Trinajstić information content (AvgIpc) is 4.06. The molecule has 1 heterocycles. The smallest absolute Gasteiger partial charge is 0.143 e. The van der Waals surface area contributed by atoms with Gasteiger partial charge < -0.3 is 9.32 Å². The number of rotatable bonds is 7. The number of benzene rings is 11. The Kier molecular flexibility index (Phi) is 8.84. The summed E-state index contributed by atoms with van der Waals surface area (Å²) in [5, 5.41) is 2.24. The lowest BCUT2D eigenvalue weighted by atomic mass is 9.70. The van der Waals surface area contributed by atoms with Gasteiger partial charge in [-0.15, -0.1) is 0 Å². The molecule has 322 valence electrons. The summed E-state index contributed by atoms with van der Waals surface area (Å²) in [5.74, 6) is 0. The maximum Gasteiger partial charge on any atom is 0.143 e. The third kappa shape index (κ3) is 5.86. The molecule has 2 heteroatoms. The first-order chi connectivity index (χ1) is 34.3. The topological polar surface area (TPSA) is 16.4 Å². The third-order valence-electron chi connectivity index (χ3n) is 14.7. The molecular formula is C67H43NO. The van der Waals surface area contributed by atoms with Gasteiger partial charge in [-0.05, 0) is 114 Å². The van der Waals surface area contributed by atoms with Crippen LogP contribution < -0.4 is 4.90 Å². The number of nitrogens with zero attached hydrogens (tertiary/aromatic N) is 1. The first kappa shape index (κ1) is 39.2. The van der Waals surface area contributed by atoms with Gasteiger partial charge in [0.15, 0.2) is 0 Å². The van der Waals surface area contributed by atoms with Crippen molar-refractivity contribution >= 4 is 39.0 Å². The average molecular weight is 878 g/mol. The molecule has 14 rings (SSSR count). The van der Waals surface area contributed by atoms with Crippen LogP contribution in [0.3, 0.4) is 0 Å². The molecule has 0 atom stereocenters. The van der Waals surface area contributed by atoms with Gasteiger partial charge in [0.25, 0.3) is 0 Å². The highest BCUT2D eigenvalue weighted by atomic mass is 16.3. The Labute approximate surface area is 401 Å². The zero-order chi connectivity index (χ0) is 45.5. The molecule has 2 aliphatic carbocycles. The zero-order valence-corrected chi connectivity index (χ0v) is 37.7. The summed E-state index contributed by atoms with van der Waals surface area (Å²) in [7, 11) is 0. The SMILES string of the molecule is c1ccc(-c2ccccc2-c2ccccc2-c2ccccc2N(c2cccc(-c3cccc4c3oc3ccccc34)c2)c2ccc3c(c2)C2(c4ccccc4-c4ccccc42)c2ccccc2-3)cc1. The second-order valence-electron chi connectivity index (χ2n) is 18.3. The molecule has 0 aliphatic heterocycles. The Bertz CT molecular complexity index is 3920. The highest BCUT2D eigenvalue weighted by Gasteiger charge is 2.51. The lowest BCUT2D eigenvalue weighted by molar-refractivity contribution is 0.670. The highest BCUT2D eigenvalue weighted by molar-refractivity contribution is 6.10. The first-order valence-corrected chi connectivity index (χ1v) is 23.8. The van der Waals surface area contributed by atoms with Crippen LogP contribution in [0.2, 0.25) is 0 Å². The second-order valence-corrected chi connectivity index (χ2v) is 18.3. The van der Waals surface area contributed by atoms with E-state index in [1.165, 1.54) is 66.8 Å². The van der Waals surface area contributed by atoms with Gasteiger partial charge in [0, 0.05) is 33.3 Å². The molecule has 12 aromatic rings. The number of para-hydroxylation sites is 3. The van der Waals surface area contributed by atoms with Gasteiger partial charge >= 0.3 is 0 Å². The van der Waals surface area contributed by atoms with E-state index in [9.17, 15) is 0 Å². The van der Waals surface area contributed by atoms with Crippen LogP contribution in [-0.4, -0.2) is 0 Å². The summed E-state index contributed by atoms with van der Waals surface area (Å²) in [6.07, 6.45) is 0. The normalized spacial score (nSPS) is 12.8. The molecule has 0 amide bonds. The molecule has 0 radical (unpaired) electrons. The quantitative estimate of drug-likeness (QED) is 0.159. The molecule has 0 N–H and O–H groups in total. The molecule has 0 unspecified atom stereocenters. The summed E-state index contributed by atoms with van der Waals surface area (Å²) < 4.78 is 6.66. The van der Waals surface area contributed by atoms with Crippen molar-refractivity contribution in [1.29, 1.82) is 0 Å². The molecule has 1 spiro atoms. The van der Waals surface area contributed by atoms with Crippen molar-refractivity contribution in [1.82, 2.24) is 0 Å². The monoisotopic (exact) mass is 877 g/mol. The Morgan fingerprint density at radius 1 is 0.275 bits per heavy atom. The molecule has 0 fully saturated rings. The number of hydrogen-bond acceptors (Lipinski definition) is 2. The van der Waals surface area contributed by atoms with Gasteiger partial charge in [-0.1, -0.05) is 224 Å². The fourth-order valence-electron chi connectivity index (χ4n) is 11.9. The molecule has 1 aromatic heterocycles. The minimum Gasteiger partial charge on any atom is -0.455 e. The summed E-state index contributed by atoms with van der Waals surface area (Å²) >= 11 is 0. The van der Waals surface area contributed by atoms with Crippen LogP contribution in [0.4, 0.5) is 17.1 Å². The van der Waals surface area contributed by atoms with Crippen LogP contribution in [0.15, 0.2) is 265 Å². The summed E-state index contributed by atoms with van der Waals surface area (Å²) in [4.78, 5) is 2.49. The highest BCUT2D eigenvalue weighted by Crippen LogP contribution is 2.63. The molecule has 0 saturated heterocycles. The van der Waals surface area contributed by atoms with Crippen molar-refractivity contribution in [3.8, 4) is 66.8 Å². The zero-order valence-electron chi connectivity index (χ0n) is 37.7. The Morgan fingerprint density at radius 2 is 0.739 bits per heavy atom. The van der Waals surface area contributed by atoms with Crippen molar-refractivity contribution in [3.05, 3.63) is 283 Å². The number of hydrogen-bond donors (Lipinski definition) is 0. The van der Waals surface area contributed by atoms with Crippen LogP contribution in [-0.2, 0) is 5.41 Å². The van der Waals surface area contributed by atoms with E-state index < -0.39 is 5.41 Å². The fourth-order valence-corrected chi connectivity index (χ4v) is 11.9. The first-order valence-electron chi connectivity index (χ1n) is 23.8. The van der Waals surface area contributed by atoms with E-state index in [1.54, 1.807) is 0 Å².